The van der Waals surface area contributed by atoms with Crippen LogP contribution in [0.5, 0.6) is 0 Å². The molecule has 1 aliphatic heterocycles. The van der Waals surface area contributed by atoms with Crippen LogP contribution in [-0.2, 0) is 4.79 Å². The Morgan fingerprint density at radius 1 is 1.50 bits per heavy atom. The van der Waals surface area contributed by atoms with Crippen LogP contribution in [0, 0.1) is 5.92 Å². The molecule has 2 rings (SSSR count). The summed E-state index contributed by atoms with van der Waals surface area (Å²) < 4.78 is 0. The summed E-state index contributed by atoms with van der Waals surface area (Å²) in [5.41, 5.74) is 6.52. The van der Waals surface area contributed by atoms with E-state index < -0.39 is 0 Å². The standard InChI is InChI=1S/C14H21N3O/c1-11(17-8-7-12(9-15)10-17)14(18)16-13-5-3-2-4-6-13/h2-6,11-12H,7-10,15H2,1H3,(H,16,18). The monoisotopic (exact) mass is 247 g/mol. The number of benzene rings is 1. The zero-order valence-electron chi connectivity index (χ0n) is 10.8. The maximum atomic E-state index is 12.1. The molecule has 0 radical (unpaired) electrons. The van der Waals surface area contributed by atoms with Crippen LogP contribution in [0.1, 0.15) is 13.3 Å². The fraction of sp³-hybridized carbons (Fsp3) is 0.500. The van der Waals surface area contributed by atoms with Crippen LogP contribution in [0.3, 0.4) is 0 Å². The van der Waals surface area contributed by atoms with Gasteiger partial charge in [0.25, 0.3) is 0 Å². The molecule has 0 aliphatic carbocycles. The Labute approximate surface area is 108 Å². The van der Waals surface area contributed by atoms with Crippen molar-refractivity contribution in [2.45, 2.75) is 19.4 Å². The Kier molecular flexibility index (Phi) is 4.33. The highest BCUT2D eigenvalue weighted by Crippen LogP contribution is 2.18. The second-order valence-corrected chi connectivity index (χ2v) is 4.92. The number of hydrogen-bond donors (Lipinski definition) is 2. The van der Waals surface area contributed by atoms with Crippen molar-refractivity contribution in [1.29, 1.82) is 0 Å². The Hall–Kier alpha value is -1.39. The predicted octanol–water partition coefficient (Wildman–Crippen LogP) is 1.29. The van der Waals surface area contributed by atoms with Crippen LogP contribution in [0.2, 0.25) is 0 Å². The van der Waals surface area contributed by atoms with E-state index in [9.17, 15) is 4.79 Å². The van der Waals surface area contributed by atoms with Crippen LogP contribution in [-0.4, -0.2) is 36.5 Å². The number of nitrogens with one attached hydrogen (secondary N) is 1. The zero-order valence-corrected chi connectivity index (χ0v) is 10.8. The van der Waals surface area contributed by atoms with Crippen molar-refractivity contribution >= 4 is 11.6 Å². The highest BCUT2D eigenvalue weighted by Gasteiger charge is 2.28. The second-order valence-electron chi connectivity index (χ2n) is 4.92. The van der Waals surface area contributed by atoms with Gasteiger partial charge in [-0.1, -0.05) is 18.2 Å². The van der Waals surface area contributed by atoms with E-state index in [1.54, 1.807) is 0 Å². The number of anilines is 1. The smallest absolute Gasteiger partial charge is 0.241 e. The first-order valence-electron chi connectivity index (χ1n) is 6.50. The SMILES string of the molecule is CC(C(=O)Nc1ccccc1)N1CCC(CN)C1. The molecule has 1 aromatic rings. The number of amides is 1. The van der Waals surface area contributed by atoms with Crippen LogP contribution < -0.4 is 11.1 Å². The maximum absolute atomic E-state index is 12.1. The first-order chi connectivity index (χ1) is 8.70. The lowest BCUT2D eigenvalue weighted by atomic mass is 10.1. The lowest BCUT2D eigenvalue weighted by Crippen LogP contribution is -2.41. The first kappa shape index (κ1) is 13.1. The van der Waals surface area contributed by atoms with Gasteiger partial charge in [0.05, 0.1) is 6.04 Å². The maximum Gasteiger partial charge on any atom is 0.241 e. The third-order valence-electron chi connectivity index (χ3n) is 3.62. The summed E-state index contributed by atoms with van der Waals surface area (Å²) in [6, 6.07) is 9.47. The molecule has 18 heavy (non-hydrogen) atoms. The average Bonchev–Trinajstić information content (AvgIpc) is 2.87. The molecule has 1 aromatic carbocycles. The van der Waals surface area contributed by atoms with E-state index in [0.29, 0.717) is 12.5 Å². The molecule has 1 heterocycles. The summed E-state index contributed by atoms with van der Waals surface area (Å²) in [6.07, 6.45) is 1.10. The van der Waals surface area contributed by atoms with Crippen molar-refractivity contribution in [1.82, 2.24) is 4.90 Å². The number of nitrogens with two attached hydrogens (primary N) is 1. The third-order valence-corrected chi connectivity index (χ3v) is 3.62. The topological polar surface area (TPSA) is 58.4 Å². The number of likely N-dealkylation sites (tertiary alicyclic amines) is 1. The fourth-order valence-electron chi connectivity index (χ4n) is 2.34. The largest absolute Gasteiger partial charge is 0.330 e. The highest BCUT2D eigenvalue weighted by molar-refractivity contribution is 5.94. The van der Waals surface area contributed by atoms with Gasteiger partial charge in [-0.3, -0.25) is 9.69 Å². The Morgan fingerprint density at radius 3 is 2.83 bits per heavy atom. The minimum absolute atomic E-state index is 0.0545. The molecular weight excluding hydrogens is 226 g/mol. The molecule has 2 unspecified atom stereocenters. The van der Waals surface area contributed by atoms with Gasteiger partial charge < -0.3 is 11.1 Å². The van der Waals surface area contributed by atoms with E-state index in [4.69, 9.17) is 5.73 Å². The van der Waals surface area contributed by atoms with Crippen molar-refractivity contribution < 1.29 is 4.79 Å². The Balaban J connectivity index is 1.89. The van der Waals surface area contributed by atoms with Crippen LogP contribution in [0.4, 0.5) is 5.69 Å². The molecule has 0 aromatic heterocycles. The fourth-order valence-corrected chi connectivity index (χ4v) is 2.34. The van der Waals surface area contributed by atoms with Crippen LogP contribution in [0.15, 0.2) is 30.3 Å². The van der Waals surface area contributed by atoms with Crippen molar-refractivity contribution in [3.05, 3.63) is 30.3 Å². The minimum Gasteiger partial charge on any atom is -0.330 e. The van der Waals surface area contributed by atoms with Crippen LogP contribution in [0.25, 0.3) is 0 Å². The number of nitrogens with zero attached hydrogens (tertiary/aromatic N) is 1. The van der Waals surface area contributed by atoms with Gasteiger partial charge in [-0.15, -0.1) is 0 Å². The van der Waals surface area contributed by atoms with Gasteiger partial charge in [0.15, 0.2) is 0 Å². The quantitative estimate of drug-likeness (QED) is 0.843. The Morgan fingerprint density at radius 2 is 2.22 bits per heavy atom. The molecule has 0 bridgehead atoms. The van der Waals surface area contributed by atoms with Gasteiger partial charge in [0.1, 0.15) is 0 Å². The van der Waals surface area contributed by atoms with Crippen molar-refractivity contribution in [2.24, 2.45) is 11.7 Å². The lowest BCUT2D eigenvalue weighted by molar-refractivity contribution is -0.120. The Bertz CT molecular complexity index is 393. The van der Waals surface area contributed by atoms with Crippen LogP contribution >= 0.6 is 0 Å². The summed E-state index contributed by atoms with van der Waals surface area (Å²) in [6.45, 7) is 4.56. The van der Waals surface area contributed by atoms with E-state index in [1.807, 2.05) is 37.3 Å². The van der Waals surface area contributed by atoms with E-state index in [1.165, 1.54) is 0 Å². The molecule has 4 nitrogen and oxygen atoms in total. The van der Waals surface area contributed by atoms with Gasteiger partial charge in [0.2, 0.25) is 5.91 Å². The van der Waals surface area contributed by atoms with Crippen molar-refractivity contribution in [2.75, 3.05) is 25.0 Å². The molecular formula is C14H21N3O. The van der Waals surface area contributed by atoms with Gasteiger partial charge in [-0.25, -0.2) is 0 Å². The average molecular weight is 247 g/mol. The second kappa shape index (κ2) is 5.98. The summed E-state index contributed by atoms with van der Waals surface area (Å²) >= 11 is 0. The van der Waals surface area contributed by atoms with Gasteiger partial charge in [-0.2, -0.15) is 0 Å². The number of para-hydroxylation sites is 1. The highest BCUT2D eigenvalue weighted by atomic mass is 16.2. The lowest BCUT2D eigenvalue weighted by Gasteiger charge is -2.23. The van der Waals surface area contributed by atoms with Gasteiger partial charge in [0, 0.05) is 12.2 Å². The third kappa shape index (κ3) is 3.09. The molecule has 3 N–H and O–H groups in total. The molecule has 1 saturated heterocycles. The van der Waals surface area contributed by atoms with E-state index in [2.05, 4.69) is 10.2 Å². The van der Waals surface area contributed by atoms with E-state index in [-0.39, 0.29) is 11.9 Å². The molecule has 2 atom stereocenters. The molecule has 1 aliphatic rings. The molecule has 0 saturated carbocycles. The number of rotatable bonds is 4. The van der Waals surface area contributed by atoms with E-state index in [0.717, 1.165) is 25.2 Å². The number of hydrogen-bond acceptors (Lipinski definition) is 3. The van der Waals surface area contributed by atoms with Crippen molar-refractivity contribution in [3.63, 3.8) is 0 Å². The minimum atomic E-state index is -0.0956. The van der Waals surface area contributed by atoms with Gasteiger partial charge >= 0.3 is 0 Å². The zero-order chi connectivity index (χ0) is 13.0. The summed E-state index contributed by atoms with van der Waals surface area (Å²) in [7, 11) is 0. The molecule has 1 fully saturated rings. The summed E-state index contributed by atoms with van der Waals surface area (Å²) in [5, 5.41) is 2.94. The summed E-state index contributed by atoms with van der Waals surface area (Å²) in [4.78, 5) is 14.3. The van der Waals surface area contributed by atoms with Gasteiger partial charge in [-0.05, 0) is 44.5 Å². The number of carbonyl (C=O) groups excluding carboxylic acids is 1. The van der Waals surface area contributed by atoms with Crippen molar-refractivity contribution in [3.8, 4) is 0 Å². The normalized spacial score (nSPS) is 21.8. The number of carbonyl (C=O) groups is 1. The first-order valence-corrected chi connectivity index (χ1v) is 6.50. The molecule has 98 valence electrons. The molecule has 1 amide bonds. The predicted molar refractivity (Wildman–Crippen MR) is 73.3 cm³/mol. The van der Waals surface area contributed by atoms with E-state index >= 15 is 0 Å². The molecule has 0 spiro atoms. The summed E-state index contributed by atoms with van der Waals surface area (Å²) in [5.74, 6) is 0.593. The molecule has 4 heteroatoms.